The van der Waals surface area contributed by atoms with E-state index in [1.54, 1.807) is 6.92 Å². The highest BCUT2D eigenvalue weighted by Crippen LogP contribution is 2.22. The van der Waals surface area contributed by atoms with Crippen LogP contribution in [0.5, 0.6) is 0 Å². The van der Waals surface area contributed by atoms with E-state index in [2.05, 4.69) is 15.3 Å². The molecule has 11 heteroatoms. The van der Waals surface area contributed by atoms with Gasteiger partial charge < -0.3 is 0 Å². The number of hydroxylamine groups is 1. The van der Waals surface area contributed by atoms with Gasteiger partial charge in [-0.2, -0.15) is 5.10 Å². The van der Waals surface area contributed by atoms with Crippen molar-refractivity contribution in [3.8, 4) is 0 Å². The maximum Gasteiger partial charge on any atom is 0.281 e. The number of hydrogen-bond acceptors (Lipinski definition) is 5. The van der Waals surface area contributed by atoms with Crippen LogP contribution < -0.4 is 10.2 Å². The fraction of sp³-hybridized carbons (Fsp3) is 0.556. The maximum atomic E-state index is 11.9. The van der Waals surface area contributed by atoms with Crippen LogP contribution in [-0.4, -0.2) is 43.1 Å². The quantitative estimate of drug-likeness (QED) is 0.569. The van der Waals surface area contributed by atoms with Crippen molar-refractivity contribution >= 4 is 39.1 Å². The molecule has 0 saturated carbocycles. The molecule has 0 fully saturated rings. The molecule has 1 amide bonds. The molecule has 1 atom stereocenters. The molecular formula is C9H14Cl2N4O4S. The number of carbonyl (C=O) groups is 1. The van der Waals surface area contributed by atoms with Gasteiger partial charge in [-0.05, 0) is 14.0 Å². The van der Waals surface area contributed by atoms with Crippen molar-refractivity contribution in [2.45, 2.75) is 17.3 Å². The number of aromatic nitrogens is 2. The van der Waals surface area contributed by atoms with Crippen LogP contribution in [0.2, 0.25) is 5.15 Å². The minimum Gasteiger partial charge on any atom is -0.272 e. The number of halogens is 2. The summed E-state index contributed by atoms with van der Waals surface area (Å²) in [4.78, 5) is 16.8. The first-order valence-corrected chi connectivity index (χ1v) is 7.72. The number of carbonyl (C=O) groups excluding carboxylic acids is 1. The number of alkyl halides is 1. The van der Waals surface area contributed by atoms with Crippen molar-refractivity contribution in [3.05, 3.63) is 10.7 Å². The van der Waals surface area contributed by atoms with E-state index in [1.165, 1.54) is 14.1 Å². The third-order valence-electron chi connectivity index (χ3n) is 2.18. The zero-order chi connectivity index (χ0) is 15.5. The number of aryl methyl sites for hydroxylation is 1. The fourth-order valence-electron chi connectivity index (χ4n) is 1.35. The normalized spacial score (nSPS) is 13.2. The van der Waals surface area contributed by atoms with Gasteiger partial charge in [-0.15, -0.1) is 11.6 Å². The maximum absolute atomic E-state index is 11.9. The molecule has 0 aliphatic heterocycles. The lowest BCUT2D eigenvalue weighted by atomic mass is 10.3. The highest BCUT2D eigenvalue weighted by atomic mass is 35.5. The molecule has 8 nitrogen and oxygen atoms in total. The summed E-state index contributed by atoms with van der Waals surface area (Å²) in [5, 5.41) is 2.79. The number of nitrogens with zero attached hydrogens (tertiary/aromatic N) is 2. The van der Waals surface area contributed by atoms with Crippen LogP contribution in [0.4, 0.5) is 0 Å². The van der Waals surface area contributed by atoms with E-state index in [4.69, 9.17) is 28.0 Å². The second kappa shape index (κ2) is 6.72. The molecule has 0 bridgehead atoms. The molecule has 0 aromatic carbocycles. The predicted octanol–water partition coefficient (Wildman–Crippen LogP) is 0.270. The Balaban J connectivity index is 3.09. The van der Waals surface area contributed by atoms with Crippen molar-refractivity contribution in [3.63, 3.8) is 0 Å². The molecule has 1 heterocycles. The summed E-state index contributed by atoms with van der Waals surface area (Å²) in [6, 6.07) is 0. The van der Waals surface area contributed by atoms with Crippen LogP contribution in [0.15, 0.2) is 5.03 Å². The van der Waals surface area contributed by atoms with Gasteiger partial charge >= 0.3 is 0 Å². The molecule has 0 aliphatic carbocycles. The van der Waals surface area contributed by atoms with Crippen molar-refractivity contribution < 1.29 is 18.0 Å². The summed E-state index contributed by atoms with van der Waals surface area (Å²) < 4.78 is 26.8. The second-order valence-electron chi connectivity index (χ2n) is 3.83. The molecular weight excluding hydrogens is 331 g/mol. The Morgan fingerprint density at radius 2 is 2.15 bits per heavy atom. The monoisotopic (exact) mass is 344 g/mol. The molecule has 0 saturated heterocycles. The number of sulfonamides is 1. The molecule has 1 rings (SSSR count). The highest BCUT2D eigenvalue weighted by molar-refractivity contribution is 7.89. The largest absolute Gasteiger partial charge is 0.281 e. The van der Waals surface area contributed by atoms with Crippen molar-refractivity contribution in [1.82, 2.24) is 20.0 Å². The van der Waals surface area contributed by atoms with Crippen LogP contribution in [0.3, 0.4) is 0 Å². The number of amides is 1. The van der Waals surface area contributed by atoms with Gasteiger partial charge in [-0.3, -0.25) is 14.3 Å². The standard InChI is InChI=1S/C9H14Cl2N4O4S/c1-5(10)4-19-14-8(16)6-7(11)13-15(3)9(6)20(17,18)12-2/h5,12H,4H2,1-3H3,(H,14,16). The number of nitrogens with one attached hydrogen (secondary N) is 2. The summed E-state index contributed by atoms with van der Waals surface area (Å²) in [5.74, 6) is -0.825. The summed E-state index contributed by atoms with van der Waals surface area (Å²) in [7, 11) is -1.33. The Hall–Kier alpha value is -0.870. The van der Waals surface area contributed by atoms with Gasteiger partial charge in [-0.25, -0.2) is 18.6 Å². The molecule has 1 aromatic rings. The average molecular weight is 345 g/mol. The SMILES string of the molecule is CNS(=O)(=O)c1c(C(=O)NOCC(C)Cl)c(Cl)nn1C. The fourth-order valence-corrected chi connectivity index (χ4v) is 2.79. The molecule has 0 aliphatic rings. The van der Waals surface area contributed by atoms with Crippen LogP contribution >= 0.6 is 23.2 Å². The number of hydrogen-bond donors (Lipinski definition) is 2. The minimum absolute atomic E-state index is 0.0548. The topological polar surface area (TPSA) is 102 Å². The van der Waals surface area contributed by atoms with Gasteiger partial charge in [0.2, 0.25) is 0 Å². The molecule has 0 spiro atoms. The van der Waals surface area contributed by atoms with E-state index in [1.807, 2.05) is 0 Å². The van der Waals surface area contributed by atoms with Gasteiger partial charge in [0.1, 0.15) is 5.56 Å². The van der Waals surface area contributed by atoms with Crippen molar-refractivity contribution in [1.29, 1.82) is 0 Å². The van der Waals surface area contributed by atoms with Crippen LogP contribution in [0, 0.1) is 0 Å². The lowest BCUT2D eigenvalue weighted by Crippen LogP contribution is -2.30. The van der Waals surface area contributed by atoms with Gasteiger partial charge in [-0.1, -0.05) is 11.6 Å². The lowest BCUT2D eigenvalue weighted by molar-refractivity contribution is 0.0320. The third kappa shape index (κ3) is 3.83. The Morgan fingerprint density at radius 3 is 2.65 bits per heavy atom. The van der Waals surface area contributed by atoms with Crippen LogP contribution in [0.25, 0.3) is 0 Å². The zero-order valence-corrected chi connectivity index (χ0v) is 13.3. The van der Waals surface area contributed by atoms with E-state index < -0.39 is 15.9 Å². The first kappa shape index (κ1) is 17.2. The Bertz CT molecular complexity index is 599. The lowest BCUT2D eigenvalue weighted by Gasteiger charge is -2.08. The Labute approximate surface area is 126 Å². The highest BCUT2D eigenvalue weighted by Gasteiger charge is 2.30. The van der Waals surface area contributed by atoms with Crippen molar-refractivity contribution in [2.75, 3.05) is 13.7 Å². The number of rotatable bonds is 6. The van der Waals surface area contributed by atoms with E-state index >= 15 is 0 Å². The molecule has 20 heavy (non-hydrogen) atoms. The summed E-state index contributed by atoms with van der Waals surface area (Å²) in [6.45, 7) is 1.72. The molecule has 2 N–H and O–H groups in total. The van der Waals surface area contributed by atoms with Gasteiger partial charge in [0, 0.05) is 7.05 Å². The zero-order valence-electron chi connectivity index (χ0n) is 11.0. The van der Waals surface area contributed by atoms with E-state index in [0.29, 0.717) is 0 Å². The van der Waals surface area contributed by atoms with Crippen LogP contribution in [0.1, 0.15) is 17.3 Å². The first-order chi connectivity index (χ1) is 9.20. The molecule has 1 unspecified atom stereocenters. The molecule has 1 aromatic heterocycles. The van der Waals surface area contributed by atoms with Gasteiger partial charge in [0.25, 0.3) is 15.9 Å². The van der Waals surface area contributed by atoms with Crippen LogP contribution in [-0.2, 0) is 21.9 Å². The second-order valence-corrected chi connectivity index (χ2v) is 6.73. The van der Waals surface area contributed by atoms with Gasteiger partial charge in [0.05, 0.1) is 12.0 Å². The van der Waals surface area contributed by atoms with Crippen molar-refractivity contribution in [2.24, 2.45) is 7.05 Å². The Morgan fingerprint density at radius 1 is 1.55 bits per heavy atom. The Kier molecular flexibility index (Phi) is 5.78. The molecule has 0 radical (unpaired) electrons. The van der Waals surface area contributed by atoms with E-state index in [-0.39, 0.29) is 27.7 Å². The summed E-state index contributed by atoms with van der Waals surface area (Å²) in [6.07, 6.45) is 0. The van der Waals surface area contributed by atoms with E-state index in [0.717, 1.165) is 4.68 Å². The van der Waals surface area contributed by atoms with Gasteiger partial charge in [0.15, 0.2) is 10.2 Å². The summed E-state index contributed by atoms with van der Waals surface area (Å²) in [5.41, 5.74) is 1.77. The third-order valence-corrected chi connectivity index (χ3v) is 4.09. The minimum atomic E-state index is -3.90. The first-order valence-electron chi connectivity index (χ1n) is 5.43. The van der Waals surface area contributed by atoms with E-state index in [9.17, 15) is 13.2 Å². The molecule has 114 valence electrons. The predicted molar refractivity (Wildman–Crippen MR) is 73.2 cm³/mol. The average Bonchev–Trinajstić information content (AvgIpc) is 2.64. The smallest absolute Gasteiger partial charge is 0.272 e. The summed E-state index contributed by atoms with van der Waals surface area (Å²) >= 11 is 11.4.